The predicted molar refractivity (Wildman–Crippen MR) is 89.5 cm³/mol. The number of hydrogen-bond donors (Lipinski definition) is 4. The fourth-order valence-corrected chi connectivity index (χ4v) is 5.26. The van der Waals surface area contributed by atoms with E-state index in [0.29, 0.717) is 0 Å². The first-order valence-corrected chi connectivity index (χ1v) is 10.4. The fraction of sp³-hybridized carbons (Fsp3) is 0.133. The number of aliphatic hydroxyl groups is 1. The van der Waals surface area contributed by atoms with Gasteiger partial charge in [-0.05, 0) is 30.3 Å². The second-order valence-corrected chi connectivity index (χ2v) is 9.09. The Labute approximate surface area is 154 Å². The quantitative estimate of drug-likeness (QED) is 0.329. The van der Waals surface area contributed by atoms with Gasteiger partial charge in [-0.15, -0.1) is 0 Å². The van der Waals surface area contributed by atoms with E-state index < -0.39 is 43.3 Å². The number of sulfone groups is 1. The van der Waals surface area contributed by atoms with Crippen LogP contribution in [0.1, 0.15) is 0 Å². The maximum absolute atomic E-state index is 12.8. The summed E-state index contributed by atoms with van der Waals surface area (Å²) in [5.74, 6) is -1.10. The molecule has 2 aromatic carbocycles. The second kappa shape index (κ2) is 6.90. The Kier molecular flexibility index (Phi) is 4.92. The molecule has 1 heterocycles. The van der Waals surface area contributed by atoms with Crippen LogP contribution in [-0.2, 0) is 24.7 Å². The molecule has 0 spiro atoms. The van der Waals surface area contributed by atoms with E-state index in [2.05, 4.69) is 0 Å². The monoisotopic (exact) mass is 414 g/mol. The number of carbonyl (C=O) groups excluding carboxylic acids is 1. The van der Waals surface area contributed by atoms with Crippen LogP contribution >= 0.6 is 0 Å². The van der Waals surface area contributed by atoms with Gasteiger partial charge in [0.1, 0.15) is 27.3 Å². The molecule has 1 aliphatic rings. The molecule has 0 fully saturated rings. The summed E-state index contributed by atoms with van der Waals surface area (Å²) in [6.07, 6.45) is 0. The molecular weight excluding hydrogens is 400 g/mol. The highest BCUT2D eigenvalue weighted by Crippen LogP contribution is 2.42. The normalized spacial score (nSPS) is 15.8. The smallest absolute Gasteiger partial charge is 0.263 e. The summed E-state index contributed by atoms with van der Waals surface area (Å²) in [6.45, 7) is -0.925. The maximum atomic E-state index is 12.8. The lowest BCUT2D eigenvalue weighted by Crippen LogP contribution is -2.48. The third-order valence-corrected chi connectivity index (χ3v) is 7.06. The molecule has 144 valence electrons. The third kappa shape index (κ3) is 3.40. The summed E-state index contributed by atoms with van der Waals surface area (Å²) in [6, 6.07) is 7.42. The number of hydrogen-bond acceptors (Lipinski definition) is 8. The minimum Gasteiger partial charge on any atom is -0.455 e. The zero-order valence-corrected chi connectivity index (χ0v) is 15.1. The molecule has 0 aromatic heterocycles. The Hall–Kier alpha value is -2.51. The van der Waals surface area contributed by atoms with Crippen LogP contribution in [0, 0.1) is 0 Å². The maximum Gasteiger partial charge on any atom is 0.263 e. The van der Waals surface area contributed by atoms with Crippen LogP contribution in [0.2, 0.25) is 0 Å². The largest absolute Gasteiger partial charge is 0.455 e. The van der Waals surface area contributed by atoms with E-state index in [-0.39, 0.29) is 21.3 Å². The Morgan fingerprint density at radius 3 is 2.44 bits per heavy atom. The lowest BCUT2D eigenvalue weighted by atomic mass is 10.3. The van der Waals surface area contributed by atoms with Crippen molar-refractivity contribution in [1.82, 2.24) is 10.2 Å². The summed E-state index contributed by atoms with van der Waals surface area (Å²) < 4.78 is 57.8. The molecule has 27 heavy (non-hydrogen) atoms. The van der Waals surface area contributed by atoms with E-state index in [9.17, 15) is 21.6 Å². The molecule has 0 radical (unpaired) electrons. The van der Waals surface area contributed by atoms with Gasteiger partial charge in [0.15, 0.2) is 0 Å². The molecule has 1 amide bonds. The van der Waals surface area contributed by atoms with E-state index in [4.69, 9.17) is 15.1 Å². The number of hydroxylamine groups is 1. The number of rotatable bonds is 5. The number of ether oxygens (including phenoxy) is 1. The molecule has 3 rings (SSSR count). The molecule has 0 unspecified atom stereocenters. The number of aliphatic hydroxyl groups excluding tert-OH is 1. The van der Waals surface area contributed by atoms with Crippen molar-refractivity contribution in [1.29, 1.82) is 0 Å². The first-order chi connectivity index (χ1) is 12.7. The highest BCUT2D eigenvalue weighted by atomic mass is 32.2. The van der Waals surface area contributed by atoms with Crippen molar-refractivity contribution in [3.63, 3.8) is 0 Å². The highest BCUT2D eigenvalue weighted by molar-refractivity contribution is 7.92. The molecule has 0 saturated heterocycles. The molecule has 10 nitrogen and oxygen atoms in total. The molecule has 12 heteroatoms. The molecular formula is C15H14N2O8S2. The first kappa shape index (κ1) is 19.3. The third-order valence-electron chi connectivity index (χ3n) is 3.78. The van der Waals surface area contributed by atoms with Crippen LogP contribution in [0.4, 0.5) is 0 Å². The first-order valence-electron chi connectivity index (χ1n) is 7.44. The van der Waals surface area contributed by atoms with Gasteiger partial charge in [0.05, 0.1) is 11.5 Å². The van der Waals surface area contributed by atoms with Gasteiger partial charge in [-0.2, -0.15) is 4.72 Å². The van der Waals surface area contributed by atoms with Gasteiger partial charge in [-0.3, -0.25) is 10.0 Å². The number of para-hydroxylation sites is 1. The van der Waals surface area contributed by atoms with Crippen LogP contribution in [-0.4, -0.2) is 45.7 Å². The van der Waals surface area contributed by atoms with Gasteiger partial charge in [0.25, 0.3) is 5.91 Å². The standard InChI is InChI=1S/C15H14N2O8S2/c18-8-10(15(19)16-20)17-27(23,24)9-5-6-12-14(7-9)26(21,22)13-4-2-1-3-11(13)25-12/h1-7,10,17-18,20H,8H2,(H,16,19)/t10-/m0/s1. The van der Waals surface area contributed by atoms with Crippen molar-refractivity contribution in [2.45, 2.75) is 20.7 Å². The number of carbonyl (C=O) groups is 1. The van der Waals surface area contributed by atoms with Gasteiger partial charge in [0, 0.05) is 0 Å². The summed E-state index contributed by atoms with van der Waals surface area (Å²) in [4.78, 5) is 10.4. The Balaban J connectivity index is 2.04. The topological polar surface area (TPSA) is 159 Å². The van der Waals surface area contributed by atoms with Crippen molar-refractivity contribution < 1.29 is 36.7 Å². The predicted octanol–water partition coefficient (Wildman–Crippen LogP) is -0.230. The molecule has 4 N–H and O–H groups in total. The van der Waals surface area contributed by atoms with Crippen molar-refractivity contribution in [3.8, 4) is 11.5 Å². The fourth-order valence-electron chi connectivity index (χ4n) is 2.45. The number of amides is 1. The molecule has 0 bridgehead atoms. The van der Waals surface area contributed by atoms with E-state index in [1.807, 2.05) is 4.72 Å². The summed E-state index contributed by atoms with van der Waals surface area (Å²) >= 11 is 0. The van der Waals surface area contributed by atoms with E-state index in [1.165, 1.54) is 29.7 Å². The van der Waals surface area contributed by atoms with Gasteiger partial charge < -0.3 is 9.84 Å². The molecule has 0 saturated carbocycles. The van der Waals surface area contributed by atoms with Crippen LogP contribution in [0.5, 0.6) is 11.5 Å². The minimum absolute atomic E-state index is 0.0422. The molecule has 1 atom stereocenters. The average molecular weight is 414 g/mol. The lowest BCUT2D eigenvalue weighted by Gasteiger charge is -2.21. The SMILES string of the molecule is O=C(NO)[C@H](CO)NS(=O)(=O)c1ccc2c(c1)S(=O)(=O)c1ccccc1O2. The van der Waals surface area contributed by atoms with Crippen molar-refractivity contribution in [3.05, 3.63) is 42.5 Å². The average Bonchev–Trinajstić information content (AvgIpc) is 2.65. The van der Waals surface area contributed by atoms with Crippen molar-refractivity contribution in [2.24, 2.45) is 0 Å². The highest BCUT2D eigenvalue weighted by Gasteiger charge is 2.33. The number of fused-ring (bicyclic) bond motifs is 2. The van der Waals surface area contributed by atoms with Crippen molar-refractivity contribution >= 4 is 25.8 Å². The van der Waals surface area contributed by atoms with Gasteiger partial charge in [-0.1, -0.05) is 12.1 Å². The van der Waals surface area contributed by atoms with Gasteiger partial charge in [0.2, 0.25) is 19.9 Å². The Morgan fingerprint density at radius 2 is 1.78 bits per heavy atom. The van der Waals surface area contributed by atoms with E-state index >= 15 is 0 Å². The number of benzene rings is 2. The summed E-state index contributed by atoms with van der Waals surface area (Å²) in [5, 5.41) is 17.7. The second-order valence-electron chi connectivity index (χ2n) is 5.49. The van der Waals surface area contributed by atoms with Gasteiger partial charge >= 0.3 is 0 Å². The summed E-state index contributed by atoms with van der Waals surface area (Å²) in [7, 11) is -8.41. The zero-order chi connectivity index (χ0) is 19.8. The number of sulfonamides is 1. The van der Waals surface area contributed by atoms with Crippen LogP contribution in [0.15, 0.2) is 57.2 Å². The molecule has 1 aliphatic heterocycles. The van der Waals surface area contributed by atoms with Crippen molar-refractivity contribution in [2.75, 3.05) is 6.61 Å². The Bertz CT molecular complexity index is 1110. The zero-order valence-electron chi connectivity index (χ0n) is 13.5. The summed E-state index contributed by atoms with van der Waals surface area (Å²) in [5.41, 5.74) is 1.22. The van der Waals surface area contributed by atoms with Crippen LogP contribution in [0.3, 0.4) is 0 Å². The van der Waals surface area contributed by atoms with Crippen LogP contribution < -0.4 is 14.9 Å². The Morgan fingerprint density at radius 1 is 1.11 bits per heavy atom. The van der Waals surface area contributed by atoms with E-state index in [0.717, 1.165) is 12.1 Å². The van der Waals surface area contributed by atoms with Crippen LogP contribution in [0.25, 0.3) is 0 Å². The molecule has 2 aromatic rings. The minimum atomic E-state index is -4.39. The molecule has 0 aliphatic carbocycles. The lowest BCUT2D eigenvalue weighted by molar-refractivity contribution is -0.131. The van der Waals surface area contributed by atoms with E-state index in [1.54, 1.807) is 6.07 Å². The number of nitrogens with one attached hydrogen (secondary N) is 2. The van der Waals surface area contributed by atoms with Gasteiger partial charge in [-0.25, -0.2) is 22.3 Å².